The van der Waals surface area contributed by atoms with E-state index in [2.05, 4.69) is 0 Å². The van der Waals surface area contributed by atoms with Crippen LogP contribution in [0.1, 0.15) is 38.3 Å². The Morgan fingerprint density at radius 1 is 1.24 bits per heavy atom. The second-order valence-electron chi connectivity index (χ2n) is 4.89. The third kappa shape index (κ3) is 3.79. The standard InChI is InChI=1S/C16H22F2O3/c1-4-11-7-9-12(10-8-11)16(20,5-2)13(14(17)18)15(19)21-6-3/h7-10,13-14,20H,4-6H2,1-3H3. The summed E-state index contributed by atoms with van der Waals surface area (Å²) in [6.07, 6.45) is -2.20. The molecule has 0 saturated carbocycles. The molecule has 1 aromatic rings. The molecule has 0 radical (unpaired) electrons. The van der Waals surface area contributed by atoms with E-state index in [1.165, 1.54) is 0 Å². The summed E-state index contributed by atoms with van der Waals surface area (Å²) < 4.78 is 31.4. The summed E-state index contributed by atoms with van der Waals surface area (Å²) in [5.74, 6) is -2.97. The van der Waals surface area contributed by atoms with Crippen molar-refractivity contribution in [3.8, 4) is 0 Å². The van der Waals surface area contributed by atoms with Crippen LogP contribution >= 0.6 is 0 Å². The second-order valence-corrected chi connectivity index (χ2v) is 4.89. The lowest BCUT2D eigenvalue weighted by atomic mass is 9.79. The Morgan fingerprint density at radius 2 is 1.81 bits per heavy atom. The van der Waals surface area contributed by atoms with Crippen molar-refractivity contribution in [2.24, 2.45) is 5.92 Å². The zero-order valence-electron chi connectivity index (χ0n) is 12.6. The molecule has 118 valence electrons. The largest absolute Gasteiger partial charge is 0.466 e. The molecule has 1 rings (SSSR count). The second kappa shape index (κ2) is 7.50. The summed E-state index contributed by atoms with van der Waals surface area (Å²) in [7, 11) is 0. The van der Waals surface area contributed by atoms with Crippen molar-refractivity contribution in [2.45, 2.75) is 45.6 Å². The first-order valence-electron chi connectivity index (χ1n) is 7.17. The third-order valence-corrected chi connectivity index (χ3v) is 3.71. The van der Waals surface area contributed by atoms with E-state index in [0.29, 0.717) is 5.56 Å². The summed E-state index contributed by atoms with van der Waals surface area (Å²) in [6.45, 7) is 5.09. The quantitative estimate of drug-likeness (QED) is 0.786. The van der Waals surface area contributed by atoms with Crippen molar-refractivity contribution in [3.63, 3.8) is 0 Å². The van der Waals surface area contributed by atoms with Gasteiger partial charge < -0.3 is 9.84 Å². The molecule has 0 aliphatic heterocycles. The van der Waals surface area contributed by atoms with Gasteiger partial charge in [0.2, 0.25) is 0 Å². The first-order valence-corrected chi connectivity index (χ1v) is 7.17. The van der Waals surface area contributed by atoms with Gasteiger partial charge >= 0.3 is 5.97 Å². The van der Waals surface area contributed by atoms with E-state index in [9.17, 15) is 18.7 Å². The summed E-state index contributed by atoms with van der Waals surface area (Å²) in [4.78, 5) is 11.8. The van der Waals surface area contributed by atoms with Crippen LogP contribution in [0.25, 0.3) is 0 Å². The van der Waals surface area contributed by atoms with Gasteiger partial charge in [-0.2, -0.15) is 0 Å². The van der Waals surface area contributed by atoms with Gasteiger partial charge in [-0.25, -0.2) is 8.78 Å². The molecule has 0 aliphatic rings. The van der Waals surface area contributed by atoms with Crippen LogP contribution in [0.3, 0.4) is 0 Å². The Bertz CT molecular complexity index is 459. The van der Waals surface area contributed by atoms with Crippen LogP contribution in [0.4, 0.5) is 8.78 Å². The molecule has 2 atom stereocenters. The average molecular weight is 300 g/mol. The van der Waals surface area contributed by atoms with Gasteiger partial charge in [-0.05, 0) is 30.9 Å². The monoisotopic (exact) mass is 300 g/mol. The normalized spacial score (nSPS) is 15.6. The van der Waals surface area contributed by atoms with Gasteiger partial charge in [0.1, 0.15) is 5.60 Å². The van der Waals surface area contributed by atoms with E-state index in [1.54, 1.807) is 38.1 Å². The molecule has 0 bridgehead atoms. The molecule has 5 heteroatoms. The van der Waals surface area contributed by atoms with Crippen LogP contribution < -0.4 is 0 Å². The third-order valence-electron chi connectivity index (χ3n) is 3.71. The summed E-state index contributed by atoms with van der Waals surface area (Å²) >= 11 is 0. The molecule has 0 fully saturated rings. The Labute approximate surface area is 123 Å². The molecular formula is C16H22F2O3. The van der Waals surface area contributed by atoms with Gasteiger partial charge in [0.05, 0.1) is 6.61 Å². The van der Waals surface area contributed by atoms with Crippen molar-refractivity contribution in [3.05, 3.63) is 35.4 Å². The van der Waals surface area contributed by atoms with Crippen LogP contribution in [0.15, 0.2) is 24.3 Å². The maximum Gasteiger partial charge on any atom is 0.318 e. The lowest BCUT2D eigenvalue weighted by Crippen LogP contribution is -2.44. The zero-order chi connectivity index (χ0) is 16.0. The van der Waals surface area contributed by atoms with E-state index in [1.807, 2.05) is 6.92 Å². The fourth-order valence-corrected chi connectivity index (χ4v) is 2.37. The van der Waals surface area contributed by atoms with Gasteiger partial charge in [0.25, 0.3) is 6.43 Å². The van der Waals surface area contributed by atoms with Crippen LogP contribution in [0.2, 0.25) is 0 Å². The molecule has 0 spiro atoms. The van der Waals surface area contributed by atoms with Crippen molar-refractivity contribution in [2.75, 3.05) is 6.61 Å². The maximum absolute atomic E-state index is 13.3. The van der Waals surface area contributed by atoms with Gasteiger partial charge in [-0.15, -0.1) is 0 Å². The molecule has 1 N–H and O–H groups in total. The van der Waals surface area contributed by atoms with Gasteiger partial charge in [-0.1, -0.05) is 38.1 Å². The number of hydrogen-bond donors (Lipinski definition) is 1. The Kier molecular flexibility index (Phi) is 6.27. The van der Waals surface area contributed by atoms with Gasteiger partial charge in [0.15, 0.2) is 5.92 Å². The van der Waals surface area contributed by atoms with E-state index in [4.69, 9.17) is 4.74 Å². The minimum Gasteiger partial charge on any atom is -0.466 e. The highest BCUT2D eigenvalue weighted by Crippen LogP contribution is 2.37. The molecule has 0 amide bonds. The Balaban J connectivity index is 3.22. The smallest absolute Gasteiger partial charge is 0.318 e. The highest BCUT2D eigenvalue weighted by Gasteiger charge is 2.48. The van der Waals surface area contributed by atoms with E-state index in [-0.39, 0.29) is 13.0 Å². The van der Waals surface area contributed by atoms with Crippen molar-refractivity contribution in [1.82, 2.24) is 0 Å². The number of halogens is 2. The van der Waals surface area contributed by atoms with Crippen LogP contribution in [0.5, 0.6) is 0 Å². The lowest BCUT2D eigenvalue weighted by molar-refractivity contribution is -0.172. The number of ether oxygens (including phenoxy) is 1. The summed E-state index contributed by atoms with van der Waals surface area (Å²) in [5.41, 5.74) is -0.602. The van der Waals surface area contributed by atoms with E-state index < -0.39 is 23.9 Å². The van der Waals surface area contributed by atoms with Crippen LogP contribution in [-0.2, 0) is 21.6 Å². The molecule has 0 aromatic heterocycles. The Morgan fingerprint density at radius 3 is 2.19 bits per heavy atom. The number of hydrogen-bond acceptors (Lipinski definition) is 3. The van der Waals surface area contributed by atoms with E-state index >= 15 is 0 Å². The minimum absolute atomic E-state index is 0.00335. The molecule has 2 unspecified atom stereocenters. The van der Waals surface area contributed by atoms with Crippen LogP contribution in [-0.4, -0.2) is 24.1 Å². The topological polar surface area (TPSA) is 46.5 Å². The number of benzene rings is 1. The number of esters is 1. The minimum atomic E-state index is -3.00. The molecule has 0 heterocycles. The molecule has 3 nitrogen and oxygen atoms in total. The number of carbonyl (C=O) groups is 1. The molecular weight excluding hydrogens is 278 g/mol. The van der Waals surface area contributed by atoms with Gasteiger partial charge in [-0.3, -0.25) is 4.79 Å². The molecule has 0 saturated heterocycles. The molecule has 21 heavy (non-hydrogen) atoms. The highest BCUT2D eigenvalue weighted by molar-refractivity contribution is 5.74. The van der Waals surface area contributed by atoms with Crippen molar-refractivity contribution in [1.29, 1.82) is 0 Å². The Hall–Kier alpha value is -1.49. The van der Waals surface area contributed by atoms with Crippen molar-refractivity contribution >= 4 is 5.97 Å². The van der Waals surface area contributed by atoms with Crippen LogP contribution in [0, 0.1) is 5.92 Å². The first kappa shape index (κ1) is 17.6. The van der Waals surface area contributed by atoms with Crippen molar-refractivity contribution < 1.29 is 23.4 Å². The average Bonchev–Trinajstić information content (AvgIpc) is 2.47. The number of alkyl halides is 2. The highest BCUT2D eigenvalue weighted by atomic mass is 19.3. The lowest BCUT2D eigenvalue weighted by Gasteiger charge is -2.34. The molecule has 0 aliphatic carbocycles. The van der Waals surface area contributed by atoms with Gasteiger partial charge in [0, 0.05) is 0 Å². The fourth-order valence-electron chi connectivity index (χ4n) is 2.37. The molecule has 1 aromatic carbocycles. The fraction of sp³-hybridized carbons (Fsp3) is 0.562. The number of aryl methyl sites for hydroxylation is 1. The maximum atomic E-state index is 13.3. The SMILES string of the molecule is CCOC(=O)C(C(F)F)C(O)(CC)c1ccc(CC)cc1. The number of carbonyl (C=O) groups excluding carboxylic acids is 1. The first-order chi connectivity index (χ1) is 9.90. The zero-order valence-corrected chi connectivity index (χ0v) is 12.6. The predicted octanol–water partition coefficient (Wildman–Crippen LogP) is 3.29. The number of aliphatic hydroxyl groups is 1. The number of rotatable bonds is 7. The predicted molar refractivity (Wildman–Crippen MR) is 76.1 cm³/mol. The summed E-state index contributed by atoms with van der Waals surface area (Å²) in [5, 5.41) is 10.7. The van der Waals surface area contributed by atoms with E-state index in [0.717, 1.165) is 12.0 Å². The summed E-state index contributed by atoms with van der Waals surface area (Å²) in [6, 6.07) is 6.72.